The molecule has 0 fully saturated rings. The van der Waals surface area contributed by atoms with E-state index < -0.39 is 0 Å². The Kier molecular flexibility index (Phi) is 6.44. The minimum atomic E-state index is -0.351. The Morgan fingerprint density at radius 2 is 2.15 bits per heavy atom. The van der Waals surface area contributed by atoms with Gasteiger partial charge in [-0.05, 0) is 18.2 Å². The second kappa shape index (κ2) is 7.84. The normalized spacial score (nSPS) is 11.8. The highest BCUT2D eigenvalue weighted by atomic mass is 35.5. The minimum Gasteiger partial charge on any atom is -0.380 e. The summed E-state index contributed by atoms with van der Waals surface area (Å²) in [5, 5.41) is 5.50. The number of halogens is 1. The SMILES string of the molecule is CNC(=O)c1ccc(Cl)c(NC(=O)CC(CN)OC)c1. The van der Waals surface area contributed by atoms with Crippen molar-refractivity contribution in [2.45, 2.75) is 12.5 Å². The van der Waals surface area contributed by atoms with Crippen LogP contribution in [-0.2, 0) is 9.53 Å². The lowest BCUT2D eigenvalue weighted by molar-refractivity contribution is -0.118. The topological polar surface area (TPSA) is 93.5 Å². The highest BCUT2D eigenvalue weighted by molar-refractivity contribution is 6.33. The van der Waals surface area contributed by atoms with Crippen LogP contribution in [0.5, 0.6) is 0 Å². The molecule has 4 N–H and O–H groups in total. The Balaban J connectivity index is 2.81. The molecule has 0 radical (unpaired) electrons. The molecule has 1 aromatic carbocycles. The molecule has 1 rings (SSSR count). The van der Waals surface area contributed by atoms with Crippen molar-refractivity contribution in [3.8, 4) is 0 Å². The number of carbonyl (C=O) groups excluding carboxylic acids is 2. The van der Waals surface area contributed by atoms with Crippen molar-refractivity contribution >= 4 is 29.1 Å². The summed E-state index contributed by atoms with van der Waals surface area (Å²) in [7, 11) is 3.02. The van der Waals surface area contributed by atoms with Crippen LogP contribution in [-0.4, -0.2) is 38.6 Å². The van der Waals surface area contributed by atoms with Crippen LogP contribution in [0.4, 0.5) is 5.69 Å². The number of nitrogens with one attached hydrogen (secondary N) is 2. The number of benzene rings is 1. The maximum Gasteiger partial charge on any atom is 0.251 e. The molecule has 1 unspecified atom stereocenters. The van der Waals surface area contributed by atoms with Gasteiger partial charge in [-0.25, -0.2) is 0 Å². The van der Waals surface area contributed by atoms with Crippen LogP contribution in [0.2, 0.25) is 5.02 Å². The zero-order valence-electron chi connectivity index (χ0n) is 11.4. The molecule has 0 heterocycles. The minimum absolute atomic E-state index is 0.119. The number of nitrogens with two attached hydrogens (primary N) is 1. The Morgan fingerprint density at radius 3 is 2.70 bits per heavy atom. The molecule has 0 bridgehead atoms. The molecule has 0 spiro atoms. The smallest absolute Gasteiger partial charge is 0.251 e. The largest absolute Gasteiger partial charge is 0.380 e. The first-order chi connectivity index (χ1) is 9.51. The lowest BCUT2D eigenvalue weighted by Gasteiger charge is -2.13. The number of carbonyl (C=O) groups is 2. The van der Waals surface area contributed by atoms with Crippen molar-refractivity contribution in [1.29, 1.82) is 0 Å². The second-order valence-corrected chi connectivity index (χ2v) is 4.53. The average molecular weight is 300 g/mol. The maximum absolute atomic E-state index is 11.8. The van der Waals surface area contributed by atoms with Crippen LogP contribution in [0, 0.1) is 0 Å². The summed E-state index contributed by atoms with van der Waals surface area (Å²) < 4.78 is 5.03. The van der Waals surface area contributed by atoms with E-state index >= 15 is 0 Å². The molecule has 110 valence electrons. The van der Waals surface area contributed by atoms with Crippen LogP contribution >= 0.6 is 11.6 Å². The van der Waals surface area contributed by atoms with Gasteiger partial charge in [0.05, 0.1) is 23.2 Å². The van der Waals surface area contributed by atoms with Gasteiger partial charge in [0.15, 0.2) is 0 Å². The fraction of sp³-hybridized carbons (Fsp3) is 0.385. The summed E-state index contributed by atoms with van der Waals surface area (Å²) in [5.41, 5.74) is 6.24. The van der Waals surface area contributed by atoms with Crippen molar-refractivity contribution in [3.05, 3.63) is 28.8 Å². The van der Waals surface area contributed by atoms with Gasteiger partial charge in [-0.15, -0.1) is 0 Å². The van der Waals surface area contributed by atoms with Crippen molar-refractivity contribution in [3.63, 3.8) is 0 Å². The van der Waals surface area contributed by atoms with E-state index in [0.29, 0.717) is 16.3 Å². The van der Waals surface area contributed by atoms with Gasteiger partial charge < -0.3 is 21.1 Å². The molecular formula is C13H18ClN3O3. The Hall–Kier alpha value is -1.63. The van der Waals surface area contributed by atoms with E-state index in [2.05, 4.69) is 10.6 Å². The number of amides is 2. The third-order valence-electron chi connectivity index (χ3n) is 2.74. The molecule has 7 heteroatoms. The molecule has 0 aromatic heterocycles. The molecule has 1 aromatic rings. The number of hydrogen-bond donors (Lipinski definition) is 3. The van der Waals surface area contributed by atoms with Gasteiger partial charge in [-0.3, -0.25) is 9.59 Å². The zero-order valence-corrected chi connectivity index (χ0v) is 12.2. The predicted octanol–water partition coefficient (Wildman–Crippen LogP) is 1.00. The van der Waals surface area contributed by atoms with E-state index in [1.807, 2.05) is 0 Å². The van der Waals surface area contributed by atoms with Gasteiger partial charge in [0, 0.05) is 26.3 Å². The van der Waals surface area contributed by atoms with E-state index in [-0.39, 0.29) is 30.9 Å². The van der Waals surface area contributed by atoms with Crippen LogP contribution in [0.25, 0.3) is 0 Å². The number of ether oxygens (including phenoxy) is 1. The van der Waals surface area contributed by atoms with Crippen LogP contribution in [0.15, 0.2) is 18.2 Å². The van der Waals surface area contributed by atoms with Gasteiger partial charge >= 0.3 is 0 Å². The van der Waals surface area contributed by atoms with Crippen molar-refractivity contribution in [2.75, 3.05) is 26.0 Å². The molecular weight excluding hydrogens is 282 g/mol. The summed E-state index contributed by atoms with van der Waals surface area (Å²) >= 11 is 5.99. The van der Waals surface area contributed by atoms with Crippen molar-refractivity contribution in [1.82, 2.24) is 5.32 Å². The Labute approximate surface area is 122 Å². The lowest BCUT2D eigenvalue weighted by Crippen LogP contribution is -2.28. The Bertz CT molecular complexity index is 490. The molecule has 0 saturated carbocycles. The number of anilines is 1. The maximum atomic E-state index is 11.8. The molecule has 0 aliphatic carbocycles. The van der Waals surface area contributed by atoms with Crippen LogP contribution in [0.1, 0.15) is 16.8 Å². The summed E-state index contributed by atoms with van der Waals surface area (Å²) in [6, 6.07) is 4.65. The van der Waals surface area contributed by atoms with Gasteiger partial charge in [-0.2, -0.15) is 0 Å². The molecule has 0 aliphatic rings. The number of hydrogen-bond acceptors (Lipinski definition) is 4. The Morgan fingerprint density at radius 1 is 1.45 bits per heavy atom. The standard InChI is InChI=1S/C13H18ClN3O3/c1-16-13(19)8-3-4-10(14)11(5-8)17-12(18)6-9(7-15)20-2/h3-5,9H,6-7,15H2,1-2H3,(H,16,19)(H,17,18). The van der Waals surface area contributed by atoms with E-state index in [0.717, 1.165) is 0 Å². The molecule has 6 nitrogen and oxygen atoms in total. The van der Waals surface area contributed by atoms with Gasteiger partial charge in [-0.1, -0.05) is 11.6 Å². The fourth-order valence-corrected chi connectivity index (χ4v) is 1.74. The van der Waals surface area contributed by atoms with Gasteiger partial charge in [0.1, 0.15) is 0 Å². The van der Waals surface area contributed by atoms with Crippen LogP contribution < -0.4 is 16.4 Å². The fourth-order valence-electron chi connectivity index (χ4n) is 1.58. The average Bonchev–Trinajstić information content (AvgIpc) is 2.46. The zero-order chi connectivity index (χ0) is 15.1. The molecule has 0 saturated heterocycles. The lowest BCUT2D eigenvalue weighted by atomic mass is 10.1. The highest BCUT2D eigenvalue weighted by Crippen LogP contribution is 2.23. The third kappa shape index (κ3) is 4.48. The first kappa shape index (κ1) is 16.4. The number of rotatable bonds is 6. The summed E-state index contributed by atoms with van der Waals surface area (Å²) in [4.78, 5) is 23.4. The molecule has 0 aliphatic heterocycles. The van der Waals surface area contributed by atoms with E-state index in [9.17, 15) is 9.59 Å². The van der Waals surface area contributed by atoms with Crippen molar-refractivity contribution in [2.24, 2.45) is 5.73 Å². The molecule has 1 atom stereocenters. The molecule has 20 heavy (non-hydrogen) atoms. The van der Waals surface area contributed by atoms with Crippen molar-refractivity contribution < 1.29 is 14.3 Å². The predicted molar refractivity (Wildman–Crippen MR) is 77.9 cm³/mol. The third-order valence-corrected chi connectivity index (χ3v) is 3.07. The number of methoxy groups -OCH3 is 1. The molecule has 2 amide bonds. The highest BCUT2D eigenvalue weighted by Gasteiger charge is 2.14. The first-order valence-corrected chi connectivity index (χ1v) is 6.44. The van der Waals surface area contributed by atoms with E-state index in [1.54, 1.807) is 12.1 Å². The summed E-state index contributed by atoms with van der Waals surface area (Å²) in [6.45, 7) is 0.246. The van der Waals surface area contributed by atoms with E-state index in [1.165, 1.54) is 20.2 Å². The summed E-state index contributed by atoms with van der Waals surface area (Å²) in [5.74, 6) is -0.535. The second-order valence-electron chi connectivity index (χ2n) is 4.12. The van der Waals surface area contributed by atoms with E-state index in [4.69, 9.17) is 22.1 Å². The van der Waals surface area contributed by atoms with Gasteiger partial charge in [0.25, 0.3) is 5.91 Å². The van der Waals surface area contributed by atoms with Gasteiger partial charge in [0.2, 0.25) is 5.91 Å². The monoisotopic (exact) mass is 299 g/mol. The summed E-state index contributed by atoms with van der Waals surface area (Å²) in [6.07, 6.45) is -0.232. The van der Waals surface area contributed by atoms with Crippen LogP contribution in [0.3, 0.4) is 0 Å². The first-order valence-electron chi connectivity index (χ1n) is 6.06. The quantitative estimate of drug-likeness (QED) is 0.730.